The first kappa shape index (κ1) is 50.3. The van der Waals surface area contributed by atoms with Crippen LogP contribution in [0.1, 0.15) is 181 Å². The van der Waals surface area contributed by atoms with Gasteiger partial charge >= 0.3 is 11.9 Å². The predicted molar refractivity (Wildman–Crippen MR) is 225 cm³/mol. The second kappa shape index (κ2) is 40.5. The Labute approximate surface area is 326 Å². The molecule has 0 aromatic heterocycles. The van der Waals surface area contributed by atoms with E-state index in [9.17, 15) is 19.8 Å². The number of carbonyl (C=O) groups excluding carboxylic acids is 2. The molecule has 0 rings (SSSR count). The number of aliphatic hydroxyl groups is 2. The Morgan fingerprint density at radius 3 is 1.66 bits per heavy atom. The standard InChI is InChI=1S/C47H80O6/c1-4-5-6-7-27-32-37-44(49)38-33-28-23-19-16-17-21-25-30-35-40-47(51)53-45(41-48)42-52-46(50)39-34-29-24-20-15-13-11-9-8-10-12-14-18-22-26-31-36-43(2)3/h5-6,16-17,23,25,27-28,30,32-33,38,43-45,48-49H,4,7-15,18-22,24,26,29,31,34-37,39-42H2,1-3H3/b6-5-,17-16-,28-23-,30-25-,32-27-,38-33+/t44?,45-/m0/s1. The fourth-order valence-corrected chi connectivity index (χ4v) is 5.79. The molecule has 6 nitrogen and oxygen atoms in total. The number of hydrogen-bond acceptors (Lipinski definition) is 6. The van der Waals surface area contributed by atoms with Gasteiger partial charge in [-0.2, -0.15) is 0 Å². The van der Waals surface area contributed by atoms with Crippen molar-refractivity contribution < 1.29 is 29.3 Å². The first-order valence-electron chi connectivity index (χ1n) is 21.5. The van der Waals surface area contributed by atoms with Crippen LogP contribution in [-0.4, -0.2) is 47.6 Å². The first-order chi connectivity index (χ1) is 25.9. The van der Waals surface area contributed by atoms with Crippen molar-refractivity contribution in [2.75, 3.05) is 13.2 Å². The van der Waals surface area contributed by atoms with Crippen LogP contribution in [0.15, 0.2) is 72.9 Å². The highest BCUT2D eigenvalue weighted by molar-refractivity contribution is 5.70. The van der Waals surface area contributed by atoms with Crippen LogP contribution in [0.5, 0.6) is 0 Å². The summed E-state index contributed by atoms with van der Waals surface area (Å²) in [6.07, 6.45) is 50.1. The van der Waals surface area contributed by atoms with Gasteiger partial charge in [0.05, 0.1) is 12.7 Å². The van der Waals surface area contributed by atoms with Gasteiger partial charge in [-0.3, -0.25) is 9.59 Å². The van der Waals surface area contributed by atoms with Crippen LogP contribution in [0.4, 0.5) is 0 Å². The molecule has 0 aliphatic heterocycles. The molecule has 0 aromatic rings. The van der Waals surface area contributed by atoms with E-state index in [0.29, 0.717) is 19.3 Å². The molecule has 0 heterocycles. The van der Waals surface area contributed by atoms with Crippen LogP contribution in [0.3, 0.4) is 0 Å². The summed E-state index contributed by atoms with van der Waals surface area (Å²) < 4.78 is 10.6. The molecule has 0 fully saturated rings. The quantitative estimate of drug-likeness (QED) is 0.0285. The molecule has 0 spiro atoms. The SMILES string of the molecule is CC/C=C\C/C=C\CC(O)/C=C/C=C\C/C=C\C/C=C\CCC(=O)O[C@@H](CO)COC(=O)CCCCCCCCCCCCCCCCCCC(C)C. The van der Waals surface area contributed by atoms with Gasteiger partial charge in [0.1, 0.15) is 6.61 Å². The van der Waals surface area contributed by atoms with E-state index in [-0.39, 0.29) is 25.6 Å². The largest absolute Gasteiger partial charge is 0.462 e. The van der Waals surface area contributed by atoms with Gasteiger partial charge in [-0.1, -0.05) is 196 Å². The molecular formula is C47H80O6. The molecule has 0 saturated carbocycles. The Kier molecular flexibility index (Phi) is 38.4. The summed E-state index contributed by atoms with van der Waals surface area (Å²) in [4.78, 5) is 24.3. The molecule has 2 N–H and O–H groups in total. The molecule has 304 valence electrons. The van der Waals surface area contributed by atoms with Crippen LogP contribution >= 0.6 is 0 Å². The van der Waals surface area contributed by atoms with E-state index in [1.807, 2.05) is 36.5 Å². The second-order valence-electron chi connectivity index (χ2n) is 14.7. The molecule has 0 aromatic carbocycles. The lowest BCUT2D eigenvalue weighted by Gasteiger charge is -2.15. The zero-order chi connectivity index (χ0) is 38.9. The zero-order valence-electron chi connectivity index (χ0n) is 34.3. The second-order valence-corrected chi connectivity index (χ2v) is 14.7. The van der Waals surface area contributed by atoms with Gasteiger partial charge in [0, 0.05) is 12.8 Å². The van der Waals surface area contributed by atoms with Crippen molar-refractivity contribution in [2.45, 2.75) is 193 Å². The van der Waals surface area contributed by atoms with E-state index in [1.165, 1.54) is 89.9 Å². The van der Waals surface area contributed by atoms with E-state index in [0.717, 1.165) is 50.9 Å². The van der Waals surface area contributed by atoms with E-state index in [1.54, 1.807) is 6.08 Å². The van der Waals surface area contributed by atoms with Gasteiger partial charge in [-0.25, -0.2) is 0 Å². The molecule has 0 aliphatic carbocycles. The summed E-state index contributed by atoms with van der Waals surface area (Å²) >= 11 is 0. The Balaban J connectivity index is 3.71. The highest BCUT2D eigenvalue weighted by atomic mass is 16.6. The molecule has 0 bridgehead atoms. The van der Waals surface area contributed by atoms with Crippen molar-refractivity contribution in [3.63, 3.8) is 0 Å². The fourth-order valence-electron chi connectivity index (χ4n) is 5.79. The summed E-state index contributed by atoms with van der Waals surface area (Å²) in [5, 5.41) is 19.5. The molecule has 0 saturated heterocycles. The fraction of sp³-hybridized carbons (Fsp3) is 0.702. The van der Waals surface area contributed by atoms with E-state index < -0.39 is 18.2 Å². The highest BCUT2D eigenvalue weighted by Gasteiger charge is 2.15. The van der Waals surface area contributed by atoms with Crippen LogP contribution in [0, 0.1) is 5.92 Å². The topological polar surface area (TPSA) is 93.1 Å². The Hall–Kier alpha value is -2.70. The number of unbranched alkanes of at least 4 members (excludes halogenated alkanes) is 15. The number of allylic oxidation sites excluding steroid dienone is 10. The summed E-state index contributed by atoms with van der Waals surface area (Å²) in [6.45, 7) is 6.26. The number of aliphatic hydroxyl groups excluding tert-OH is 2. The molecule has 0 aliphatic rings. The normalized spacial score (nSPS) is 13.6. The third kappa shape index (κ3) is 40.3. The lowest BCUT2D eigenvalue weighted by Crippen LogP contribution is -2.28. The van der Waals surface area contributed by atoms with Crippen molar-refractivity contribution >= 4 is 11.9 Å². The van der Waals surface area contributed by atoms with Crippen LogP contribution in [0.25, 0.3) is 0 Å². The average molecular weight is 741 g/mol. The Morgan fingerprint density at radius 2 is 1.09 bits per heavy atom. The maximum Gasteiger partial charge on any atom is 0.306 e. The lowest BCUT2D eigenvalue weighted by molar-refractivity contribution is -0.161. The molecule has 2 atom stereocenters. The third-order valence-electron chi connectivity index (χ3n) is 9.04. The smallest absolute Gasteiger partial charge is 0.306 e. The van der Waals surface area contributed by atoms with Crippen LogP contribution in [0.2, 0.25) is 0 Å². The van der Waals surface area contributed by atoms with Gasteiger partial charge < -0.3 is 19.7 Å². The molecular weight excluding hydrogens is 661 g/mol. The molecule has 0 radical (unpaired) electrons. The van der Waals surface area contributed by atoms with Gasteiger partial charge in [-0.15, -0.1) is 0 Å². The summed E-state index contributed by atoms with van der Waals surface area (Å²) in [6, 6.07) is 0. The van der Waals surface area contributed by atoms with Gasteiger partial charge in [0.25, 0.3) is 0 Å². The van der Waals surface area contributed by atoms with Crippen molar-refractivity contribution in [1.29, 1.82) is 0 Å². The van der Waals surface area contributed by atoms with Gasteiger partial charge in [0.2, 0.25) is 0 Å². The molecule has 53 heavy (non-hydrogen) atoms. The molecule has 1 unspecified atom stereocenters. The molecule has 6 heteroatoms. The van der Waals surface area contributed by atoms with Crippen molar-refractivity contribution in [3.05, 3.63) is 72.9 Å². The van der Waals surface area contributed by atoms with Crippen LogP contribution in [-0.2, 0) is 19.1 Å². The average Bonchev–Trinajstić information content (AvgIpc) is 3.14. The Bertz CT molecular complexity index is 1000. The zero-order valence-corrected chi connectivity index (χ0v) is 34.3. The van der Waals surface area contributed by atoms with Crippen molar-refractivity contribution in [1.82, 2.24) is 0 Å². The van der Waals surface area contributed by atoms with Gasteiger partial charge in [0.15, 0.2) is 6.10 Å². The monoisotopic (exact) mass is 741 g/mol. The number of ether oxygens (including phenoxy) is 2. The van der Waals surface area contributed by atoms with Gasteiger partial charge in [-0.05, 0) is 50.9 Å². The summed E-state index contributed by atoms with van der Waals surface area (Å²) in [7, 11) is 0. The summed E-state index contributed by atoms with van der Waals surface area (Å²) in [5.74, 6) is 0.132. The Morgan fingerprint density at radius 1 is 0.585 bits per heavy atom. The molecule has 0 amide bonds. The number of carbonyl (C=O) groups is 2. The minimum absolute atomic E-state index is 0.112. The highest BCUT2D eigenvalue weighted by Crippen LogP contribution is 2.15. The van der Waals surface area contributed by atoms with Crippen molar-refractivity contribution in [3.8, 4) is 0 Å². The number of hydrogen-bond donors (Lipinski definition) is 2. The lowest BCUT2D eigenvalue weighted by atomic mass is 10.0. The van der Waals surface area contributed by atoms with E-state index in [2.05, 4.69) is 51.2 Å². The number of esters is 2. The maximum absolute atomic E-state index is 12.2. The first-order valence-corrected chi connectivity index (χ1v) is 21.5. The predicted octanol–water partition coefficient (Wildman–Crippen LogP) is 12.6. The van der Waals surface area contributed by atoms with Crippen LogP contribution < -0.4 is 0 Å². The minimum Gasteiger partial charge on any atom is -0.462 e. The van der Waals surface area contributed by atoms with E-state index >= 15 is 0 Å². The van der Waals surface area contributed by atoms with E-state index in [4.69, 9.17) is 9.47 Å². The number of rotatable bonds is 37. The maximum atomic E-state index is 12.2. The summed E-state index contributed by atoms with van der Waals surface area (Å²) in [5.41, 5.74) is 0. The third-order valence-corrected chi connectivity index (χ3v) is 9.04. The van der Waals surface area contributed by atoms with Crippen molar-refractivity contribution in [2.24, 2.45) is 5.92 Å². The minimum atomic E-state index is -0.830.